The van der Waals surface area contributed by atoms with E-state index in [1.54, 1.807) is 37.1 Å². The molecule has 228 valence electrons. The molecular formula is C33H35N5O6. The van der Waals surface area contributed by atoms with E-state index in [2.05, 4.69) is 27.5 Å². The minimum atomic E-state index is -0.455. The Morgan fingerprint density at radius 3 is 2.43 bits per heavy atom. The van der Waals surface area contributed by atoms with Crippen LogP contribution in [0.25, 0.3) is 11.3 Å². The summed E-state index contributed by atoms with van der Waals surface area (Å²) >= 11 is 0. The number of ether oxygens (including phenoxy) is 3. The van der Waals surface area contributed by atoms with Crippen LogP contribution >= 0.6 is 0 Å². The number of hydrogen-bond acceptors (Lipinski definition) is 9. The number of carbonyl (C=O) groups excluding carboxylic acids is 3. The van der Waals surface area contributed by atoms with E-state index in [1.807, 2.05) is 42.5 Å². The topological polar surface area (TPSA) is 113 Å². The molecule has 6 rings (SSSR count). The molecule has 0 aliphatic carbocycles. The van der Waals surface area contributed by atoms with Crippen molar-refractivity contribution >= 4 is 46.1 Å². The Morgan fingerprint density at radius 1 is 0.955 bits per heavy atom. The van der Waals surface area contributed by atoms with E-state index < -0.39 is 5.97 Å². The van der Waals surface area contributed by atoms with Crippen molar-refractivity contribution in [1.82, 2.24) is 9.80 Å². The van der Waals surface area contributed by atoms with E-state index in [0.717, 1.165) is 37.6 Å². The van der Waals surface area contributed by atoms with Crippen LogP contribution in [0.3, 0.4) is 0 Å². The number of likely N-dealkylation sites (N-methyl/N-ethyl adjacent to an activating group) is 2. The van der Waals surface area contributed by atoms with Crippen molar-refractivity contribution in [2.45, 2.75) is 6.92 Å². The van der Waals surface area contributed by atoms with Gasteiger partial charge in [0.05, 0.1) is 35.7 Å². The molecule has 3 aromatic carbocycles. The first kappa shape index (κ1) is 29.2. The van der Waals surface area contributed by atoms with E-state index in [0.29, 0.717) is 51.7 Å². The number of anilines is 3. The fourth-order valence-electron chi connectivity index (χ4n) is 5.45. The molecule has 0 atom stereocenters. The van der Waals surface area contributed by atoms with Crippen molar-refractivity contribution < 1.29 is 28.6 Å². The highest BCUT2D eigenvalue weighted by molar-refractivity contribution is 6.37. The zero-order valence-electron chi connectivity index (χ0n) is 25.0. The fraction of sp³-hybridized carbons (Fsp3) is 0.303. The van der Waals surface area contributed by atoms with Gasteiger partial charge in [-0.25, -0.2) is 4.79 Å². The van der Waals surface area contributed by atoms with Gasteiger partial charge in [-0.1, -0.05) is 6.07 Å². The first-order valence-corrected chi connectivity index (χ1v) is 14.6. The summed E-state index contributed by atoms with van der Waals surface area (Å²) in [4.78, 5) is 44.9. The predicted octanol–water partition coefficient (Wildman–Crippen LogP) is 3.73. The van der Waals surface area contributed by atoms with Gasteiger partial charge in [-0.3, -0.25) is 14.5 Å². The van der Waals surface area contributed by atoms with Gasteiger partial charge in [0, 0.05) is 55.7 Å². The van der Waals surface area contributed by atoms with Gasteiger partial charge in [-0.15, -0.1) is 0 Å². The Morgan fingerprint density at radius 2 is 1.68 bits per heavy atom. The molecule has 3 aromatic rings. The zero-order chi connectivity index (χ0) is 30.8. The van der Waals surface area contributed by atoms with Crippen LogP contribution in [-0.4, -0.2) is 87.8 Å². The van der Waals surface area contributed by atoms with Crippen LogP contribution in [0.5, 0.6) is 11.5 Å². The summed E-state index contributed by atoms with van der Waals surface area (Å²) < 4.78 is 16.3. The van der Waals surface area contributed by atoms with Gasteiger partial charge >= 0.3 is 5.97 Å². The second-order valence-electron chi connectivity index (χ2n) is 11.0. The molecule has 0 radical (unpaired) electrons. The summed E-state index contributed by atoms with van der Waals surface area (Å²) in [6, 6.07) is 18.0. The molecule has 2 N–H and O–H groups in total. The second kappa shape index (κ2) is 12.4. The predicted molar refractivity (Wildman–Crippen MR) is 168 cm³/mol. The maximum Gasteiger partial charge on any atom is 0.338 e. The van der Waals surface area contributed by atoms with Gasteiger partial charge in [-0.05, 0) is 68.6 Å². The highest BCUT2D eigenvalue weighted by Crippen LogP contribution is 2.41. The maximum atomic E-state index is 13.4. The van der Waals surface area contributed by atoms with Crippen LogP contribution in [0.15, 0.2) is 60.7 Å². The Kier molecular flexibility index (Phi) is 8.23. The third-order valence-electron chi connectivity index (χ3n) is 8.04. The number of benzene rings is 3. The highest BCUT2D eigenvalue weighted by Gasteiger charge is 2.30. The summed E-state index contributed by atoms with van der Waals surface area (Å²) in [5, 5.41) is 6.33. The molecular weight excluding hydrogens is 562 g/mol. The molecule has 3 aliphatic heterocycles. The molecule has 0 aromatic heterocycles. The van der Waals surface area contributed by atoms with E-state index in [1.165, 1.54) is 0 Å². The maximum absolute atomic E-state index is 13.4. The third-order valence-corrected chi connectivity index (χ3v) is 8.04. The second-order valence-corrected chi connectivity index (χ2v) is 11.0. The summed E-state index contributed by atoms with van der Waals surface area (Å²) in [5.74, 6) is 0.464. The van der Waals surface area contributed by atoms with Crippen molar-refractivity contribution in [1.29, 1.82) is 0 Å². The Bertz CT molecular complexity index is 1630. The normalized spacial score (nSPS) is 17.1. The monoisotopic (exact) mass is 597 g/mol. The highest BCUT2D eigenvalue weighted by atomic mass is 16.7. The zero-order valence-corrected chi connectivity index (χ0v) is 25.0. The lowest BCUT2D eigenvalue weighted by Gasteiger charge is -2.32. The average Bonchev–Trinajstić information content (AvgIpc) is 3.63. The van der Waals surface area contributed by atoms with E-state index in [-0.39, 0.29) is 25.2 Å². The molecule has 0 saturated carbocycles. The van der Waals surface area contributed by atoms with Crippen molar-refractivity contribution in [2.24, 2.45) is 0 Å². The number of piperazine rings is 1. The van der Waals surface area contributed by atoms with Crippen molar-refractivity contribution in [3.8, 4) is 11.5 Å². The lowest BCUT2D eigenvalue weighted by molar-refractivity contribution is -0.119. The van der Waals surface area contributed by atoms with Gasteiger partial charge in [0.25, 0.3) is 5.91 Å². The van der Waals surface area contributed by atoms with Crippen LogP contribution in [0, 0.1) is 0 Å². The Hall–Kier alpha value is -4.87. The van der Waals surface area contributed by atoms with Crippen LogP contribution in [-0.2, 0) is 14.3 Å². The lowest BCUT2D eigenvalue weighted by Crippen LogP contribution is -2.48. The van der Waals surface area contributed by atoms with Gasteiger partial charge in [0.15, 0.2) is 11.5 Å². The van der Waals surface area contributed by atoms with E-state index >= 15 is 0 Å². The smallest absolute Gasteiger partial charge is 0.338 e. The average molecular weight is 598 g/mol. The fourth-order valence-corrected chi connectivity index (χ4v) is 5.45. The number of nitrogens with one attached hydrogen (secondary N) is 2. The number of hydrogen-bond donors (Lipinski definition) is 2. The SMILES string of the molecule is CCOC(=O)c1ccc2c(c1)NC(=O)/C2=C(\Nc1ccc(N(C)C(=O)CN2CCN(C)CC2)cc1)c1ccc2c(c1)OCO2. The number of amides is 2. The molecule has 0 unspecified atom stereocenters. The van der Waals surface area contributed by atoms with E-state index in [4.69, 9.17) is 14.2 Å². The molecule has 44 heavy (non-hydrogen) atoms. The number of nitrogens with zero attached hydrogens (tertiary/aromatic N) is 3. The molecule has 0 bridgehead atoms. The molecule has 11 heteroatoms. The number of rotatable bonds is 8. The Labute approximate surface area is 256 Å². The summed E-state index contributed by atoms with van der Waals surface area (Å²) in [5.41, 5.74) is 4.69. The molecule has 11 nitrogen and oxygen atoms in total. The van der Waals surface area contributed by atoms with Crippen LogP contribution in [0.1, 0.15) is 28.4 Å². The molecule has 3 heterocycles. The quantitative estimate of drug-likeness (QED) is 0.296. The minimum Gasteiger partial charge on any atom is -0.462 e. The minimum absolute atomic E-state index is 0.0276. The lowest BCUT2D eigenvalue weighted by atomic mass is 9.98. The van der Waals surface area contributed by atoms with Crippen LogP contribution < -0.4 is 25.0 Å². The van der Waals surface area contributed by atoms with Gasteiger partial charge in [0.1, 0.15) is 0 Å². The van der Waals surface area contributed by atoms with Crippen molar-refractivity contribution in [3.63, 3.8) is 0 Å². The summed E-state index contributed by atoms with van der Waals surface area (Å²) in [6.45, 7) is 6.14. The number of fused-ring (bicyclic) bond motifs is 2. The molecule has 2 amide bonds. The molecule has 3 aliphatic rings. The first-order chi connectivity index (χ1) is 21.3. The molecule has 1 fully saturated rings. The van der Waals surface area contributed by atoms with Crippen LogP contribution in [0.2, 0.25) is 0 Å². The van der Waals surface area contributed by atoms with Gasteiger partial charge in [0.2, 0.25) is 12.7 Å². The van der Waals surface area contributed by atoms with E-state index in [9.17, 15) is 14.4 Å². The first-order valence-electron chi connectivity index (χ1n) is 14.6. The van der Waals surface area contributed by atoms with Crippen LogP contribution in [0.4, 0.5) is 17.1 Å². The third kappa shape index (κ3) is 5.97. The van der Waals surface area contributed by atoms with Crippen molar-refractivity contribution in [2.75, 3.05) is 75.8 Å². The summed E-state index contributed by atoms with van der Waals surface area (Å²) in [6.07, 6.45) is 0. The van der Waals surface area contributed by atoms with Crippen molar-refractivity contribution in [3.05, 3.63) is 77.4 Å². The standard InChI is InChI=1S/C33H35N5O6/c1-4-42-33(41)22-5-11-25-26(17-22)35-32(40)30(25)31(21-6-12-27-28(18-21)44-20-43-27)34-23-7-9-24(10-8-23)37(3)29(39)19-38-15-13-36(2)14-16-38/h5-12,17-18,34H,4,13-16,19-20H2,1-3H3,(H,35,40)/b31-30-. The largest absolute Gasteiger partial charge is 0.462 e. The number of carbonyl (C=O) groups is 3. The summed E-state index contributed by atoms with van der Waals surface area (Å²) in [7, 11) is 3.87. The molecule has 0 spiro atoms. The number of esters is 1. The molecule has 1 saturated heterocycles. The Balaban J connectivity index is 1.29. The van der Waals surface area contributed by atoms with Gasteiger partial charge in [-0.2, -0.15) is 0 Å². The van der Waals surface area contributed by atoms with Gasteiger partial charge < -0.3 is 34.6 Å².